The molecule has 1 aliphatic heterocycles. The third-order valence-corrected chi connectivity index (χ3v) is 6.62. The Morgan fingerprint density at radius 1 is 1.28 bits per heavy atom. The zero-order valence-electron chi connectivity index (χ0n) is 18.4. The molecule has 2 fully saturated rings. The molecule has 0 aromatic carbocycles. The van der Waals surface area contributed by atoms with Crippen LogP contribution in [0.4, 0.5) is 14.6 Å². The van der Waals surface area contributed by atoms with Gasteiger partial charge >= 0.3 is 5.97 Å². The van der Waals surface area contributed by atoms with Crippen molar-refractivity contribution in [3.05, 3.63) is 17.1 Å². The average Bonchev–Trinajstić information content (AvgIpc) is 3.23. The van der Waals surface area contributed by atoms with Gasteiger partial charge in [-0.05, 0) is 26.8 Å². The van der Waals surface area contributed by atoms with E-state index in [4.69, 9.17) is 9.47 Å². The van der Waals surface area contributed by atoms with Crippen LogP contribution in [0.2, 0.25) is 0 Å². The summed E-state index contributed by atoms with van der Waals surface area (Å²) in [5.74, 6) is -1.77. The molecule has 2 aromatic rings. The molecule has 1 saturated heterocycles. The Labute approximate surface area is 189 Å². The number of likely N-dealkylation sites (N-methyl/N-ethyl adjacent to an activating group) is 1. The molecule has 0 atom stereocenters. The maximum Gasteiger partial charge on any atom is 0.357 e. The first-order valence-electron chi connectivity index (χ1n) is 10.7. The van der Waals surface area contributed by atoms with Gasteiger partial charge in [0.25, 0.3) is 0 Å². The minimum absolute atomic E-state index is 0.0284. The van der Waals surface area contributed by atoms with Crippen molar-refractivity contribution in [2.24, 2.45) is 0 Å². The van der Waals surface area contributed by atoms with Crippen LogP contribution in [0.3, 0.4) is 0 Å². The fourth-order valence-corrected chi connectivity index (χ4v) is 4.63. The van der Waals surface area contributed by atoms with Crippen LogP contribution < -0.4 is 9.64 Å². The number of carbonyl (C=O) groups is 1. The minimum atomic E-state index is -2.59. The van der Waals surface area contributed by atoms with E-state index >= 15 is 0 Å². The molecular weight excluding hydrogens is 440 g/mol. The van der Waals surface area contributed by atoms with Gasteiger partial charge < -0.3 is 14.4 Å². The maximum absolute atomic E-state index is 13.6. The molecule has 3 heterocycles. The largest absolute Gasteiger partial charge is 0.471 e. The molecule has 0 amide bonds. The van der Waals surface area contributed by atoms with Gasteiger partial charge in [0.1, 0.15) is 11.9 Å². The normalized spacial score (nSPS) is 19.4. The third-order valence-electron chi connectivity index (χ3n) is 5.78. The van der Waals surface area contributed by atoms with Gasteiger partial charge in [-0.25, -0.2) is 23.5 Å². The highest BCUT2D eigenvalue weighted by atomic mass is 32.1. The second-order valence-corrected chi connectivity index (χ2v) is 9.16. The first-order chi connectivity index (χ1) is 15.2. The molecule has 2 aliphatic rings. The van der Waals surface area contributed by atoms with Crippen molar-refractivity contribution >= 4 is 23.1 Å². The van der Waals surface area contributed by atoms with Crippen LogP contribution in [0.25, 0.3) is 10.8 Å². The summed E-state index contributed by atoms with van der Waals surface area (Å²) >= 11 is 1.24. The fourth-order valence-electron chi connectivity index (χ4n) is 3.91. The summed E-state index contributed by atoms with van der Waals surface area (Å²) in [6, 6.07) is 1.69. The molecule has 4 rings (SSSR count). The molecule has 0 bridgehead atoms. The molecule has 0 unspecified atom stereocenters. The summed E-state index contributed by atoms with van der Waals surface area (Å²) in [6.45, 7) is 3.59. The number of thiazole rings is 1. The average molecular weight is 468 g/mol. The van der Waals surface area contributed by atoms with Gasteiger partial charge in [-0.2, -0.15) is 4.98 Å². The molecule has 1 aliphatic carbocycles. The van der Waals surface area contributed by atoms with E-state index in [1.54, 1.807) is 18.4 Å². The summed E-state index contributed by atoms with van der Waals surface area (Å²) in [5, 5.41) is 2.08. The summed E-state index contributed by atoms with van der Waals surface area (Å²) < 4.78 is 38.3. The fraction of sp³-hybridized carbons (Fsp3) is 0.619. The van der Waals surface area contributed by atoms with E-state index < -0.39 is 11.9 Å². The number of ether oxygens (including phenoxy) is 2. The molecule has 8 nitrogen and oxygen atoms in total. The summed E-state index contributed by atoms with van der Waals surface area (Å²) in [5.41, 5.74) is 0.201. The number of anilines is 1. The number of alkyl halides is 2. The molecule has 1 saturated carbocycles. The van der Waals surface area contributed by atoms with Crippen molar-refractivity contribution in [3.8, 4) is 16.7 Å². The number of hydrogen-bond acceptors (Lipinski definition) is 9. The quantitative estimate of drug-likeness (QED) is 0.573. The van der Waals surface area contributed by atoms with E-state index in [2.05, 4.69) is 19.9 Å². The number of esters is 1. The number of aromatic nitrogens is 3. The van der Waals surface area contributed by atoms with Gasteiger partial charge in [0.2, 0.25) is 11.8 Å². The highest BCUT2D eigenvalue weighted by molar-refractivity contribution is 7.13. The van der Waals surface area contributed by atoms with E-state index in [0.29, 0.717) is 35.4 Å². The second-order valence-electron chi connectivity index (χ2n) is 8.31. The lowest BCUT2D eigenvalue weighted by atomic mass is 9.91. The van der Waals surface area contributed by atoms with Crippen LogP contribution in [-0.2, 0) is 4.74 Å². The smallest absolute Gasteiger partial charge is 0.357 e. The Balaban J connectivity index is 1.60. The van der Waals surface area contributed by atoms with E-state index in [-0.39, 0.29) is 37.3 Å². The number of hydrogen-bond donors (Lipinski definition) is 0. The number of carbonyl (C=O) groups excluding carboxylic acids is 1. The highest BCUT2D eigenvalue weighted by Crippen LogP contribution is 2.36. The Kier molecular flexibility index (Phi) is 6.57. The van der Waals surface area contributed by atoms with Crippen molar-refractivity contribution in [2.45, 2.75) is 50.7 Å². The molecule has 0 N–H and O–H groups in total. The van der Waals surface area contributed by atoms with Gasteiger partial charge in [0, 0.05) is 50.5 Å². The van der Waals surface area contributed by atoms with E-state index in [1.807, 2.05) is 19.0 Å². The van der Waals surface area contributed by atoms with Gasteiger partial charge in [-0.1, -0.05) is 0 Å². The lowest BCUT2D eigenvalue weighted by Crippen LogP contribution is -2.51. The van der Waals surface area contributed by atoms with E-state index in [0.717, 1.165) is 13.1 Å². The van der Waals surface area contributed by atoms with Gasteiger partial charge in [-0.3, -0.25) is 4.90 Å². The van der Waals surface area contributed by atoms with Crippen LogP contribution in [0.15, 0.2) is 11.4 Å². The first kappa shape index (κ1) is 22.8. The predicted molar refractivity (Wildman–Crippen MR) is 117 cm³/mol. The van der Waals surface area contributed by atoms with Gasteiger partial charge in [0.15, 0.2) is 16.5 Å². The highest BCUT2D eigenvalue weighted by Gasteiger charge is 2.37. The molecule has 2 aromatic heterocycles. The molecule has 0 radical (unpaired) electrons. The summed E-state index contributed by atoms with van der Waals surface area (Å²) in [6.07, 6.45) is 0.536. The van der Waals surface area contributed by atoms with Crippen LogP contribution in [0, 0.1) is 0 Å². The maximum atomic E-state index is 13.6. The standard InChI is InChI=1S/C21H27F2N5O3S/c1-4-30-20(29)15-12-32-19(24-15)18-25-16(9-17(26-18)31-14-10-27(2)11-14)28(3)13-5-7-21(22,23)8-6-13/h9,12-14H,4-8,10-11H2,1-3H3. The number of rotatable bonds is 7. The van der Waals surface area contributed by atoms with Crippen molar-refractivity contribution in [2.75, 3.05) is 38.7 Å². The van der Waals surface area contributed by atoms with Crippen LogP contribution in [0.1, 0.15) is 43.1 Å². The first-order valence-corrected chi connectivity index (χ1v) is 11.6. The number of likely N-dealkylation sites (tertiary alicyclic amines) is 1. The second kappa shape index (κ2) is 9.22. The SMILES string of the molecule is CCOC(=O)c1csc(-c2nc(OC3CN(C)C3)cc(N(C)C3CCC(F)(F)CC3)n2)n1. The number of nitrogens with zero attached hydrogens (tertiary/aromatic N) is 5. The van der Waals surface area contributed by atoms with E-state index in [9.17, 15) is 13.6 Å². The van der Waals surface area contributed by atoms with Gasteiger partial charge in [0.05, 0.1) is 6.61 Å². The third kappa shape index (κ3) is 5.15. The summed E-state index contributed by atoms with van der Waals surface area (Å²) in [4.78, 5) is 29.5. The lowest BCUT2D eigenvalue weighted by Gasteiger charge is -2.36. The van der Waals surface area contributed by atoms with Crippen molar-refractivity contribution in [1.82, 2.24) is 19.9 Å². The Hall–Kier alpha value is -2.40. The van der Waals surface area contributed by atoms with Crippen LogP contribution in [0.5, 0.6) is 5.88 Å². The topological polar surface area (TPSA) is 80.7 Å². The Morgan fingerprint density at radius 3 is 2.66 bits per heavy atom. The molecule has 0 spiro atoms. The van der Waals surface area contributed by atoms with Crippen LogP contribution >= 0.6 is 11.3 Å². The molecular formula is C21H27F2N5O3S. The van der Waals surface area contributed by atoms with Crippen LogP contribution in [-0.4, -0.2) is 77.7 Å². The molecule has 174 valence electrons. The summed E-state index contributed by atoms with van der Waals surface area (Å²) in [7, 11) is 3.86. The van der Waals surface area contributed by atoms with Crippen molar-refractivity contribution < 1.29 is 23.0 Å². The number of halogens is 2. The Morgan fingerprint density at radius 2 is 2.00 bits per heavy atom. The van der Waals surface area contributed by atoms with Gasteiger partial charge in [-0.15, -0.1) is 11.3 Å². The Bertz CT molecular complexity index is 957. The molecule has 32 heavy (non-hydrogen) atoms. The van der Waals surface area contributed by atoms with Crippen molar-refractivity contribution in [1.29, 1.82) is 0 Å². The monoisotopic (exact) mass is 467 g/mol. The zero-order valence-corrected chi connectivity index (χ0v) is 19.2. The van der Waals surface area contributed by atoms with Crippen molar-refractivity contribution in [3.63, 3.8) is 0 Å². The molecule has 11 heteroatoms. The zero-order chi connectivity index (χ0) is 22.9. The lowest BCUT2D eigenvalue weighted by molar-refractivity contribution is -0.0378. The predicted octanol–water partition coefficient (Wildman–Crippen LogP) is 3.48. The van der Waals surface area contributed by atoms with E-state index in [1.165, 1.54) is 11.3 Å². The minimum Gasteiger partial charge on any atom is -0.471 e.